The first-order valence-electron chi connectivity index (χ1n) is 7.87. The van der Waals surface area contributed by atoms with Gasteiger partial charge in [0, 0.05) is 11.4 Å². The molecule has 2 aromatic rings. The van der Waals surface area contributed by atoms with E-state index in [1.807, 2.05) is 6.07 Å². The molecule has 0 aromatic carbocycles. The Kier molecular flexibility index (Phi) is 4.34. The fraction of sp³-hybridized carbons (Fsp3) is 0.529. The third-order valence-electron chi connectivity index (χ3n) is 4.22. The van der Waals surface area contributed by atoms with Crippen molar-refractivity contribution in [1.82, 2.24) is 15.3 Å². The second-order valence-electron chi connectivity index (χ2n) is 5.88. The van der Waals surface area contributed by atoms with Crippen LogP contribution in [0.4, 0.5) is 0 Å². The molecule has 0 bridgehead atoms. The van der Waals surface area contributed by atoms with Gasteiger partial charge in [-0.15, -0.1) is 0 Å². The molecule has 0 saturated heterocycles. The molecule has 2 heterocycles. The van der Waals surface area contributed by atoms with E-state index in [1.165, 1.54) is 24.1 Å². The molecule has 21 heavy (non-hydrogen) atoms. The van der Waals surface area contributed by atoms with Crippen LogP contribution in [0.25, 0.3) is 11.4 Å². The lowest BCUT2D eigenvalue weighted by Gasteiger charge is -2.25. The molecule has 0 fully saturated rings. The van der Waals surface area contributed by atoms with Gasteiger partial charge < -0.3 is 9.73 Å². The molecule has 4 nitrogen and oxygen atoms in total. The summed E-state index contributed by atoms with van der Waals surface area (Å²) in [5.41, 5.74) is 4.67. The standard InChI is InChI=1S/C17H23N3O/c1-3-7-18-10-13-4-5-16-15(9-13)12(2)19-17(20-16)14-6-8-21-11-14/h6,8,11,13,18H,3-5,7,9-10H2,1-2H3. The smallest absolute Gasteiger partial charge is 0.162 e. The van der Waals surface area contributed by atoms with Crippen LogP contribution in [0.3, 0.4) is 0 Å². The highest BCUT2D eigenvalue weighted by molar-refractivity contribution is 5.54. The van der Waals surface area contributed by atoms with Crippen molar-refractivity contribution >= 4 is 0 Å². The maximum absolute atomic E-state index is 5.14. The summed E-state index contributed by atoms with van der Waals surface area (Å²) in [6.07, 6.45) is 7.94. The number of aromatic nitrogens is 2. The van der Waals surface area contributed by atoms with Gasteiger partial charge in [0.25, 0.3) is 0 Å². The summed E-state index contributed by atoms with van der Waals surface area (Å²) in [6, 6.07) is 1.92. The molecule has 112 valence electrons. The first kappa shape index (κ1) is 14.3. The van der Waals surface area contributed by atoms with E-state index in [4.69, 9.17) is 9.40 Å². The molecule has 0 amide bonds. The summed E-state index contributed by atoms with van der Waals surface area (Å²) in [5.74, 6) is 1.51. The number of furan rings is 1. The van der Waals surface area contributed by atoms with E-state index in [0.717, 1.165) is 43.0 Å². The summed E-state index contributed by atoms with van der Waals surface area (Å²) in [7, 11) is 0. The normalized spacial score (nSPS) is 17.7. The van der Waals surface area contributed by atoms with Gasteiger partial charge in [0.1, 0.15) is 6.26 Å². The lowest BCUT2D eigenvalue weighted by Crippen LogP contribution is -2.29. The van der Waals surface area contributed by atoms with Crippen molar-refractivity contribution in [3.63, 3.8) is 0 Å². The molecule has 1 N–H and O–H groups in total. The number of aryl methyl sites for hydroxylation is 2. The van der Waals surface area contributed by atoms with Crippen LogP contribution in [0, 0.1) is 12.8 Å². The molecule has 0 radical (unpaired) electrons. The molecular formula is C17H23N3O. The lowest BCUT2D eigenvalue weighted by atomic mass is 9.85. The van der Waals surface area contributed by atoms with E-state index in [-0.39, 0.29) is 0 Å². The maximum Gasteiger partial charge on any atom is 0.162 e. The van der Waals surface area contributed by atoms with Gasteiger partial charge in [-0.3, -0.25) is 0 Å². The van der Waals surface area contributed by atoms with Crippen LogP contribution in [0.5, 0.6) is 0 Å². The monoisotopic (exact) mass is 285 g/mol. The quantitative estimate of drug-likeness (QED) is 0.857. The molecule has 0 aliphatic heterocycles. The Labute approximate surface area is 126 Å². The topological polar surface area (TPSA) is 51.0 Å². The van der Waals surface area contributed by atoms with Crippen molar-refractivity contribution in [2.45, 2.75) is 39.5 Å². The molecular weight excluding hydrogens is 262 g/mol. The zero-order valence-electron chi connectivity index (χ0n) is 12.9. The van der Waals surface area contributed by atoms with E-state index < -0.39 is 0 Å². The molecule has 1 aliphatic carbocycles. The Bertz CT molecular complexity index is 592. The fourth-order valence-electron chi connectivity index (χ4n) is 3.04. The Hall–Kier alpha value is -1.68. The highest BCUT2D eigenvalue weighted by Gasteiger charge is 2.22. The number of nitrogens with one attached hydrogen (secondary N) is 1. The van der Waals surface area contributed by atoms with Crippen LogP contribution < -0.4 is 5.32 Å². The van der Waals surface area contributed by atoms with Gasteiger partial charge in [-0.25, -0.2) is 9.97 Å². The number of fused-ring (bicyclic) bond motifs is 1. The van der Waals surface area contributed by atoms with Crippen LogP contribution >= 0.6 is 0 Å². The Morgan fingerprint density at radius 3 is 3.05 bits per heavy atom. The van der Waals surface area contributed by atoms with Crippen molar-refractivity contribution < 1.29 is 4.42 Å². The maximum atomic E-state index is 5.14. The number of hydrogen-bond acceptors (Lipinski definition) is 4. The fourth-order valence-corrected chi connectivity index (χ4v) is 3.04. The van der Waals surface area contributed by atoms with Crippen molar-refractivity contribution in [2.75, 3.05) is 13.1 Å². The van der Waals surface area contributed by atoms with Gasteiger partial charge >= 0.3 is 0 Å². The Balaban J connectivity index is 1.77. The van der Waals surface area contributed by atoms with E-state index in [0.29, 0.717) is 5.92 Å². The molecule has 1 unspecified atom stereocenters. The van der Waals surface area contributed by atoms with Gasteiger partial charge in [-0.2, -0.15) is 0 Å². The largest absolute Gasteiger partial charge is 0.472 e. The summed E-state index contributed by atoms with van der Waals surface area (Å²) < 4.78 is 5.14. The van der Waals surface area contributed by atoms with Gasteiger partial charge in [0.2, 0.25) is 0 Å². The SMILES string of the molecule is CCCNCC1CCc2nc(-c3ccoc3)nc(C)c2C1. The Morgan fingerprint density at radius 1 is 1.38 bits per heavy atom. The van der Waals surface area contributed by atoms with Gasteiger partial charge in [-0.1, -0.05) is 6.92 Å². The number of nitrogens with zero attached hydrogens (tertiary/aromatic N) is 2. The Morgan fingerprint density at radius 2 is 2.29 bits per heavy atom. The molecule has 0 spiro atoms. The molecule has 1 atom stereocenters. The minimum absolute atomic E-state index is 0.714. The minimum Gasteiger partial charge on any atom is -0.472 e. The van der Waals surface area contributed by atoms with Crippen LogP contribution in [0.1, 0.15) is 36.7 Å². The van der Waals surface area contributed by atoms with Crippen molar-refractivity contribution in [2.24, 2.45) is 5.92 Å². The second-order valence-corrected chi connectivity index (χ2v) is 5.88. The molecule has 2 aromatic heterocycles. The van der Waals surface area contributed by atoms with E-state index >= 15 is 0 Å². The van der Waals surface area contributed by atoms with Crippen LogP contribution in [0.2, 0.25) is 0 Å². The zero-order chi connectivity index (χ0) is 14.7. The predicted molar refractivity (Wildman–Crippen MR) is 83.1 cm³/mol. The van der Waals surface area contributed by atoms with Crippen molar-refractivity contribution in [3.8, 4) is 11.4 Å². The third-order valence-corrected chi connectivity index (χ3v) is 4.22. The first-order valence-corrected chi connectivity index (χ1v) is 7.87. The van der Waals surface area contributed by atoms with Crippen LogP contribution in [-0.2, 0) is 12.8 Å². The van der Waals surface area contributed by atoms with Gasteiger partial charge in [-0.05, 0) is 63.2 Å². The predicted octanol–water partition coefficient (Wildman–Crippen LogP) is 3.15. The molecule has 4 heteroatoms. The molecule has 3 rings (SSSR count). The summed E-state index contributed by atoms with van der Waals surface area (Å²) in [5, 5.41) is 3.54. The highest BCUT2D eigenvalue weighted by atomic mass is 16.3. The summed E-state index contributed by atoms with van der Waals surface area (Å²) >= 11 is 0. The van der Waals surface area contributed by atoms with Crippen molar-refractivity contribution in [3.05, 3.63) is 35.5 Å². The highest BCUT2D eigenvalue weighted by Crippen LogP contribution is 2.28. The van der Waals surface area contributed by atoms with Gasteiger partial charge in [0.15, 0.2) is 5.82 Å². The average molecular weight is 285 g/mol. The van der Waals surface area contributed by atoms with Crippen molar-refractivity contribution in [1.29, 1.82) is 0 Å². The van der Waals surface area contributed by atoms with E-state index in [2.05, 4.69) is 24.1 Å². The molecule has 1 aliphatic rings. The van der Waals surface area contributed by atoms with Gasteiger partial charge in [0.05, 0.1) is 11.8 Å². The van der Waals surface area contributed by atoms with E-state index in [9.17, 15) is 0 Å². The second kappa shape index (κ2) is 6.39. The summed E-state index contributed by atoms with van der Waals surface area (Å²) in [4.78, 5) is 9.42. The van der Waals surface area contributed by atoms with Crippen LogP contribution in [0.15, 0.2) is 23.0 Å². The average Bonchev–Trinajstić information content (AvgIpc) is 3.02. The number of rotatable bonds is 5. The minimum atomic E-state index is 0.714. The lowest BCUT2D eigenvalue weighted by molar-refractivity contribution is 0.419. The van der Waals surface area contributed by atoms with E-state index in [1.54, 1.807) is 12.5 Å². The zero-order valence-corrected chi connectivity index (χ0v) is 12.9. The first-order chi connectivity index (χ1) is 10.3. The number of hydrogen-bond donors (Lipinski definition) is 1. The summed E-state index contributed by atoms with van der Waals surface area (Å²) in [6.45, 7) is 6.53. The third kappa shape index (κ3) is 3.16. The van der Waals surface area contributed by atoms with Crippen LogP contribution in [-0.4, -0.2) is 23.1 Å². The molecule has 0 saturated carbocycles.